The van der Waals surface area contributed by atoms with Crippen LogP contribution in [0.15, 0.2) is 48.5 Å². The number of aryl methyl sites for hydroxylation is 1. The van der Waals surface area contributed by atoms with E-state index in [2.05, 4.69) is 5.32 Å². The first-order valence-electron chi connectivity index (χ1n) is 7.96. The summed E-state index contributed by atoms with van der Waals surface area (Å²) >= 11 is 0. The third kappa shape index (κ3) is 4.44. The van der Waals surface area contributed by atoms with Crippen molar-refractivity contribution in [1.82, 2.24) is 0 Å². The molecule has 0 saturated heterocycles. The van der Waals surface area contributed by atoms with Gasteiger partial charge in [-0.1, -0.05) is 35.9 Å². The van der Waals surface area contributed by atoms with Crippen molar-refractivity contribution in [1.29, 1.82) is 0 Å². The van der Waals surface area contributed by atoms with Crippen LogP contribution in [0.5, 0.6) is 0 Å². The fourth-order valence-electron chi connectivity index (χ4n) is 2.38. The van der Waals surface area contributed by atoms with E-state index in [-0.39, 0.29) is 18.8 Å². The van der Waals surface area contributed by atoms with Gasteiger partial charge < -0.3 is 14.4 Å². The SMILES string of the molecule is CCOP(=O)(OCC)C(Nc1ccc(C)cc1)c1ccccc1F. The van der Waals surface area contributed by atoms with Crippen LogP contribution in [-0.2, 0) is 13.6 Å². The fraction of sp³-hybridized carbons (Fsp3) is 0.333. The molecule has 130 valence electrons. The third-order valence-electron chi connectivity index (χ3n) is 3.49. The molecule has 0 amide bonds. The topological polar surface area (TPSA) is 47.6 Å². The smallest absolute Gasteiger partial charge is 0.357 e. The van der Waals surface area contributed by atoms with Crippen LogP contribution in [0.3, 0.4) is 0 Å². The number of rotatable bonds is 8. The van der Waals surface area contributed by atoms with Crippen molar-refractivity contribution in [2.75, 3.05) is 18.5 Å². The summed E-state index contributed by atoms with van der Waals surface area (Å²) in [6, 6.07) is 13.8. The molecule has 0 aromatic heterocycles. The van der Waals surface area contributed by atoms with E-state index in [1.807, 2.05) is 31.2 Å². The van der Waals surface area contributed by atoms with Gasteiger partial charge in [-0.15, -0.1) is 0 Å². The first-order valence-corrected chi connectivity index (χ1v) is 9.57. The van der Waals surface area contributed by atoms with Gasteiger partial charge in [-0.05, 0) is 39.0 Å². The van der Waals surface area contributed by atoms with Gasteiger partial charge in [0.05, 0.1) is 13.2 Å². The van der Waals surface area contributed by atoms with Crippen molar-refractivity contribution < 1.29 is 18.0 Å². The summed E-state index contributed by atoms with van der Waals surface area (Å²) in [7, 11) is -3.61. The maximum absolute atomic E-state index is 14.3. The number of anilines is 1. The predicted octanol–water partition coefficient (Wildman–Crippen LogP) is 5.51. The van der Waals surface area contributed by atoms with E-state index in [0.717, 1.165) is 5.56 Å². The molecule has 0 aliphatic heterocycles. The second-order valence-corrected chi connectivity index (χ2v) is 7.42. The molecule has 0 aliphatic rings. The molecule has 0 aliphatic carbocycles. The Kier molecular flexibility index (Phi) is 6.55. The zero-order chi connectivity index (χ0) is 17.6. The molecule has 6 heteroatoms. The Morgan fingerprint density at radius 2 is 1.62 bits per heavy atom. The van der Waals surface area contributed by atoms with Crippen LogP contribution in [-0.4, -0.2) is 13.2 Å². The Hall–Kier alpha value is -1.68. The Labute approximate surface area is 142 Å². The average molecular weight is 351 g/mol. The molecule has 0 radical (unpaired) electrons. The lowest BCUT2D eigenvalue weighted by atomic mass is 10.2. The second-order valence-electron chi connectivity index (χ2n) is 5.31. The van der Waals surface area contributed by atoms with Crippen LogP contribution in [0.25, 0.3) is 0 Å². The van der Waals surface area contributed by atoms with Crippen LogP contribution in [0.4, 0.5) is 10.1 Å². The van der Waals surface area contributed by atoms with Gasteiger partial charge >= 0.3 is 7.60 Å². The van der Waals surface area contributed by atoms with Gasteiger partial charge in [0.15, 0.2) is 5.78 Å². The Balaban J connectivity index is 2.46. The largest absolute Gasteiger partial charge is 0.368 e. The molecule has 0 saturated carbocycles. The summed E-state index contributed by atoms with van der Waals surface area (Å²) in [5, 5.41) is 3.12. The van der Waals surface area contributed by atoms with E-state index in [9.17, 15) is 8.96 Å². The van der Waals surface area contributed by atoms with Crippen molar-refractivity contribution in [3.8, 4) is 0 Å². The summed E-state index contributed by atoms with van der Waals surface area (Å²) in [6.07, 6.45) is 0. The Morgan fingerprint density at radius 1 is 1.04 bits per heavy atom. The highest BCUT2D eigenvalue weighted by molar-refractivity contribution is 7.54. The van der Waals surface area contributed by atoms with E-state index < -0.39 is 19.2 Å². The van der Waals surface area contributed by atoms with Gasteiger partial charge in [-0.3, -0.25) is 4.57 Å². The van der Waals surface area contributed by atoms with E-state index in [4.69, 9.17) is 9.05 Å². The number of nitrogens with one attached hydrogen (secondary N) is 1. The fourth-order valence-corrected chi connectivity index (χ4v) is 4.33. The first kappa shape index (κ1) is 18.7. The third-order valence-corrected chi connectivity index (χ3v) is 5.76. The van der Waals surface area contributed by atoms with Gasteiger partial charge in [0.25, 0.3) is 0 Å². The van der Waals surface area contributed by atoms with Crippen molar-refractivity contribution in [3.63, 3.8) is 0 Å². The number of benzene rings is 2. The molecular weight excluding hydrogens is 328 g/mol. The minimum atomic E-state index is -3.61. The molecule has 0 spiro atoms. The quantitative estimate of drug-likeness (QED) is 0.637. The van der Waals surface area contributed by atoms with Crippen LogP contribution in [0, 0.1) is 12.7 Å². The summed E-state index contributed by atoms with van der Waals surface area (Å²) in [6.45, 7) is 5.85. The standard InChI is InChI=1S/C18H23FNO3P/c1-4-22-24(21,23-5-2)18(16-8-6-7-9-17(16)19)20-15-12-10-14(3)11-13-15/h6-13,18,20H,4-5H2,1-3H3. The molecule has 24 heavy (non-hydrogen) atoms. The van der Waals surface area contributed by atoms with Gasteiger partial charge in [0.2, 0.25) is 0 Å². The van der Waals surface area contributed by atoms with Gasteiger partial charge in [-0.2, -0.15) is 0 Å². The lowest BCUT2D eigenvalue weighted by Crippen LogP contribution is -2.16. The molecule has 2 aromatic carbocycles. The van der Waals surface area contributed by atoms with Crippen LogP contribution < -0.4 is 5.32 Å². The normalized spacial score (nSPS) is 12.8. The first-order chi connectivity index (χ1) is 11.5. The van der Waals surface area contributed by atoms with E-state index in [1.165, 1.54) is 6.07 Å². The molecule has 1 N–H and O–H groups in total. The summed E-state index contributed by atoms with van der Waals surface area (Å²) in [5.74, 6) is -1.39. The van der Waals surface area contributed by atoms with E-state index in [1.54, 1.807) is 32.0 Å². The number of hydrogen-bond donors (Lipinski definition) is 1. The minimum absolute atomic E-state index is 0.206. The average Bonchev–Trinajstić information content (AvgIpc) is 2.55. The van der Waals surface area contributed by atoms with Crippen LogP contribution in [0.2, 0.25) is 0 Å². The highest BCUT2D eigenvalue weighted by Gasteiger charge is 2.38. The van der Waals surface area contributed by atoms with Crippen molar-refractivity contribution in [3.05, 3.63) is 65.5 Å². The van der Waals surface area contributed by atoms with Crippen molar-refractivity contribution in [2.45, 2.75) is 26.6 Å². The highest BCUT2D eigenvalue weighted by atomic mass is 31.2. The monoisotopic (exact) mass is 351 g/mol. The Morgan fingerprint density at radius 3 is 2.17 bits per heavy atom. The summed E-state index contributed by atoms with van der Waals surface area (Å²) in [5.41, 5.74) is 2.07. The Bertz CT molecular complexity index is 696. The predicted molar refractivity (Wildman–Crippen MR) is 94.8 cm³/mol. The molecule has 4 nitrogen and oxygen atoms in total. The molecule has 1 atom stereocenters. The van der Waals surface area contributed by atoms with Crippen molar-refractivity contribution in [2.24, 2.45) is 0 Å². The van der Waals surface area contributed by atoms with Crippen molar-refractivity contribution >= 4 is 13.3 Å². The van der Waals surface area contributed by atoms with Crippen LogP contribution >= 0.6 is 7.60 Å². The number of hydrogen-bond acceptors (Lipinski definition) is 4. The van der Waals surface area contributed by atoms with Gasteiger partial charge in [-0.25, -0.2) is 4.39 Å². The molecule has 1 unspecified atom stereocenters. The maximum Gasteiger partial charge on any atom is 0.357 e. The lowest BCUT2D eigenvalue weighted by Gasteiger charge is -2.28. The molecule has 0 fully saturated rings. The summed E-state index contributed by atoms with van der Waals surface area (Å²) in [4.78, 5) is 0. The maximum atomic E-state index is 14.3. The van der Waals surface area contributed by atoms with E-state index >= 15 is 0 Å². The highest BCUT2D eigenvalue weighted by Crippen LogP contribution is 2.61. The zero-order valence-electron chi connectivity index (χ0n) is 14.2. The zero-order valence-corrected chi connectivity index (χ0v) is 15.1. The molecular formula is C18H23FNO3P. The van der Waals surface area contributed by atoms with Gasteiger partial charge in [0, 0.05) is 11.3 Å². The van der Waals surface area contributed by atoms with Crippen LogP contribution in [0.1, 0.15) is 30.8 Å². The van der Waals surface area contributed by atoms with E-state index in [0.29, 0.717) is 5.69 Å². The minimum Gasteiger partial charge on any atom is -0.368 e. The second kappa shape index (κ2) is 8.43. The van der Waals surface area contributed by atoms with Gasteiger partial charge in [0.1, 0.15) is 5.82 Å². The molecule has 0 bridgehead atoms. The molecule has 2 rings (SSSR count). The molecule has 0 heterocycles. The lowest BCUT2D eigenvalue weighted by molar-refractivity contribution is 0.213. The molecule has 2 aromatic rings. The number of halogens is 1. The summed E-state index contributed by atoms with van der Waals surface area (Å²) < 4.78 is 38.5.